The van der Waals surface area contributed by atoms with E-state index in [4.69, 9.17) is 5.11 Å². The number of fused-ring (bicyclic) bond motifs is 1. The monoisotopic (exact) mass is 272 g/mol. The van der Waals surface area contributed by atoms with Crippen molar-refractivity contribution in [2.75, 3.05) is 0 Å². The van der Waals surface area contributed by atoms with Gasteiger partial charge in [0.2, 0.25) is 0 Å². The number of carbonyl (C=O) groups excluding carboxylic acids is 1. The lowest BCUT2D eigenvalue weighted by atomic mass is 9.83. The number of carbonyl (C=O) groups is 2. The summed E-state index contributed by atoms with van der Waals surface area (Å²) >= 11 is 0. The number of ketones is 1. The van der Waals surface area contributed by atoms with Crippen LogP contribution in [0.4, 0.5) is 0 Å². The maximum atomic E-state index is 12.5. The summed E-state index contributed by atoms with van der Waals surface area (Å²) in [4.78, 5) is 23.6. The fraction of sp³-hybridized carbons (Fsp3) is 0.529. The van der Waals surface area contributed by atoms with Crippen LogP contribution >= 0.6 is 0 Å². The number of Topliss-reactive ketones (excluding diaryl/α,β-unsaturated/α-hetero) is 1. The van der Waals surface area contributed by atoms with Crippen molar-refractivity contribution in [3.63, 3.8) is 0 Å². The largest absolute Gasteiger partial charge is 0.481 e. The van der Waals surface area contributed by atoms with E-state index in [0.29, 0.717) is 12.8 Å². The lowest BCUT2D eigenvalue weighted by Crippen LogP contribution is -2.18. The van der Waals surface area contributed by atoms with Crippen molar-refractivity contribution in [1.82, 2.24) is 0 Å². The molecule has 0 amide bonds. The molecule has 1 aromatic carbocycles. The second-order valence-electron chi connectivity index (χ2n) is 6.13. The number of hydrogen-bond donors (Lipinski definition) is 1. The zero-order chi connectivity index (χ0) is 14.1. The molecule has 1 saturated carbocycles. The molecule has 1 unspecified atom stereocenters. The van der Waals surface area contributed by atoms with Gasteiger partial charge in [0.15, 0.2) is 5.78 Å². The molecule has 3 heteroatoms. The van der Waals surface area contributed by atoms with Gasteiger partial charge < -0.3 is 5.11 Å². The molecule has 106 valence electrons. The Bertz CT molecular complexity index is 541. The first kappa shape index (κ1) is 13.3. The van der Waals surface area contributed by atoms with Crippen molar-refractivity contribution >= 4 is 11.8 Å². The number of rotatable bonds is 3. The van der Waals surface area contributed by atoms with E-state index in [1.807, 2.05) is 18.2 Å². The summed E-state index contributed by atoms with van der Waals surface area (Å²) in [7, 11) is 0. The van der Waals surface area contributed by atoms with Crippen molar-refractivity contribution in [1.29, 1.82) is 0 Å². The third-order valence-electron chi connectivity index (χ3n) is 4.75. The topological polar surface area (TPSA) is 54.4 Å². The Morgan fingerprint density at radius 3 is 2.35 bits per heavy atom. The van der Waals surface area contributed by atoms with E-state index in [1.54, 1.807) is 0 Å². The third-order valence-corrected chi connectivity index (χ3v) is 4.75. The molecule has 1 aromatic rings. The third kappa shape index (κ3) is 2.49. The minimum absolute atomic E-state index is 0.179. The van der Waals surface area contributed by atoms with E-state index in [1.165, 1.54) is 6.42 Å². The predicted molar refractivity (Wildman–Crippen MR) is 75.9 cm³/mol. The Morgan fingerprint density at radius 1 is 0.950 bits per heavy atom. The lowest BCUT2D eigenvalue weighted by Gasteiger charge is -2.20. The Hall–Kier alpha value is -1.64. The highest BCUT2D eigenvalue weighted by molar-refractivity contribution is 5.98. The van der Waals surface area contributed by atoms with Crippen LogP contribution in [-0.2, 0) is 17.6 Å². The van der Waals surface area contributed by atoms with Crippen LogP contribution in [0.1, 0.15) is 53.6 Å². The van der Waals surface area contributed by atoms with Crippen molar-refractivity contribution in [3.05, 3.63) is 34.9 Å². The van der Waals surface area contributed by atoms with Gasteiger partial charge in [-0.15, -0.1) is 0 Å². The predicted octanol–water partition coefficient (Wildman–Crippen LogP) is 3.25. The molecule has 0 bridgehead atoms. The Morgan fingerprint density at radius 2 is 1.65 bits per heavy atom. The van der Waals surface area contributed by atoms with E-state index >= 15 is 0 Å². The van der Waals surface area contributed by atoms with Gasteiger partial charge >= 0.3 is 5.97 Å². The van der Waals surface area contributed by atoms with Gasteiger partial charge in [0.25, 0.3) is 0 Å². The summed E-state index contributed by atoms with van der Waals surface area (Å²) < 4.78 is 0. The zero-order valence-corrected chi connectivity index (χ0v) is 11.6. The summed E-state index contributed by atoms with van der Waals surface area (Å²) in [6.45, 7) is 0. The van der Waals surface area contributed by atoms with Crippen molar-refractivity contribution in [2.24, 2.45) is 11.8 Å². The van der Waals surface area contributed by atoms with E-state index in [2.05, 4.69) is 0 Å². The van der Waals surface area contributed by atoms with Crippen molar-refractivity contribution in [3.8, 4) is 0 Å². The molecule has 3 nitrogen and oxygen atoms in total. The van der Waals surface area contributed by atoms with E-state index in [9.17, 15) is 9.59 Å². The van der Waals surface area contributed by atoms with Gasteiger partial charge in [0, 0.05) is 11.5 Å². The molecule has 1 fully saturated rings. The molecule has 0 radical (unpaired) electrons. The first-order valence-corrected chi connectivity index (χ1v) is 7.54. The maximum Gasteiger partial charge on any atom is 0.307 e. The summed E-state index contributed by atoms with van der Waals surface area (Å²) in [5, 5.41) is 9.10. The molecular weight excluding hydrogens is 252 g/mol. The average molecular weight is 272 g/mol. The molecule has 2 aliphatic rings. The molecule has 0 heterocycles. The molecule has 1 atom stereocenters. The SMILES string of the molecule is O=C(O)C1Cc2ccc(C(=O)C3CCCCC3)cc2C1. The quantitative estimate of drug-likeness (QED) is 0.859. The van der Waals surface area contributed by atoms with Crippen molar-refractivity contribution < 1.29 is 14.7 Å². The highest BCUT2D eigenvalue weighted by Gasteiger charge is 2.29. The minimum atomic E-state index is -0.735. The Kier molecular flexibility index (Phi) is 3.60. The normalized spacial score (nSPS) is 22.5. The molecule has 0 aliphatic heterocycles. The zero-order valence-electron chi connectivity index (χ0n) is 11.6. The lowest BCUT2D eigenvalue weighted by molar-refractivity contribution is -0.141. The van der Waals surface area contributed by atoms with Gasteiger partial charge in [0.1, 0.15) is 0 Å². The molecule has 0 spiro atoms. The smallest absolute Gasteiger partial charge is 0.307 e. The molecule has 3 rings (SSSR count). The highest BCUT2D eigenvalue weighted by atomic mass is 16.4. The number of carboxylic acid groups (broad SMARTS) is 1. The molecule has 20 heavy (non-hydrogen) atoms. The second-order valence-corrected chi connectivity index (χ2v) is 6.13. The molecule has 2 aliphatic carbocycles. The van der Waals surface area contributed by atoms with E-state index < -0.39 is 5.97 Å². The maximum absolute atomic E-state index is 12.5. The van der Waals surface area contributed by atoms with E-state index in [-0.39, 0.29) is 17.6 Å². The van der Waals surface area contributed by atoms with E-state index in [0.717, 1.165) is 42.4 Å². The van der Waals surface area contributed by atoms with Crippen LogP contribution in [0.5, 0.6) is 0 Å². The van der Waals surface area contributed by atoms with Gasteiger partial charge in [-0.25, -0.2) is 0 Å². The van der Waals surface area contributed by atoms with Crippen LogP contribution in [-0.4, -0.2) is 16.9 Å². The van der Waals surface area contributed by atoms with Gasteiger partial charge in [-0.3, -0.25) is 9.59 Å². The molecule has 0 saturated heterocycles. The van der Waals surface area contributed by atoms with Crippen LogP contribution in [0.15, 0.2) is 18.2 Å². The first-order chi connectivity index (χ1) is 9.65. The van der Waals surface area contributed by atoms with Crippen LogP contribution in [0.2, 0.25) is 0 Å². The van der Waals surface area contributed by atoms with Crippen LogP contribution < -0.4 is 0 Å². The van der Waals surface area contributed by atoms with Gasteiger partial charge in [-0.05, 0) is 42.9 Å². The summed E-state index contributed by atoms with van der Waals surface area (Å²) in [5.74, 6) is -0.615. The molecule has 1 N–H and O–H groups in total. The number of carboxylic acids is 1. The second kappa shape index (κ2) is 5.39. The first-order valence-electron chi connectivity index (χ1n) is 7.54. The molecule has 0 aromatic heterocycles. The van der Waals surface area contributed by atoms with Gasteiger partial charge in [0.05, 0.1) is 5.92 Å². The molecular formula is C17H20O3. The van der Waals surface area contributed by atoms with Gasteiger partial charge in [-0.1, -0.05) is 31.4 Å². The Labute approximate surface area is 119 Å². The van der Waals surface area contributed by atoms with Gasteiger partial charge in [-0.2, -0.15) is 0 Å². The number of benzene rings is 1. The number of hydrogen-bond acceptors (Lipinski definition) is 2. The van der Waals surface area contributed by atoms with Crippen LogP contribution in [0, 0.1) is 11.8 Å². The average Bonchev–Trinajstić information content (AvgIpc) is 2.90. The summed E-state index contributed by atoms with van der Waals surface area (Å²) in [6.07, 6.45) is 6.74. The summed E-state index contributed by atoms with van der Waals surface area (Å²) in [6, 6.07) is 5.78. The van der Waals surface area contributed by atoms with Crippen molar-refractivity contribution in [2.45, 2.75) is 44.9 Å². The minimum Gasteiger partial charge on any atom is -0.481 e. The fourth-order valence-electron chi connectivity index (χ4n) is 3.55. The Balaban J connectivity index is 1.78. The fourth-order valence-corrected chi connectivity index (χ4v) is 3.55. The number of aliphatic carboxylic acids is 1. The summed E-state index contributed by atoms with van der Waals surface area (Å²) in [5.41, 5.74) is 2.93. The van der Waals surface area contributed by atoms with Crippen LogP contribution in [0.3, 0.4) is 0 Å². The van der Waals surface area contributed by atoms with Crippen LogP contribution in [0.25, 0.3) is 0 Å². The standard InChI is InChI=1S/C17H20O3/c18-16(11-4-2-1-3-5-11)13-7-6-12-8-15(17(19)20)10-14(12)9-13/h6-7,9,11,15H,1-5,8,10H2,(H,19,20). The highest BCUT2D eigenvalue weighted by Crippen LogP contribution is 2.31.